The van der Waals surface area contributed by atoms with Crippen molar-refractivity contribution >= 4 is 0 Å². The molecule has 2 rings (SSSR count). The summed E-state index contributed by atoms with van der Waals surface area (Å²) in [6.07, 6.45) is 3.93. The first-order chi connectivity index (χ1) is 6.51. The molecule has 0 spiro atoms. The van der Waals surface area contributed by atoms with Gasteiger partial charge in [0.05, 0.1) is 0 Å². The quantitative estimate of drug-likeness (QED) is 0.746. The molecule has 0 amide bonds. The van der Waals surface area contributed by atoms with Crippen molar-refractivity contribution in [1.82, 2.24) is 4.90 Å². The Morgan fingerprint density at radius 1 is 1.29 bits per heavy atom. The fourth-order valence-corrected chi connectivity index (χ4v) is 3.44. The average Bonchev–Trinajstić information content (AvgIpc) is 1.98. The second-order valence-corrected chi connectivity index (χ2v) is 6.13. The third-order valence-electron chi connectivity index (χ3n) is 4.20. The fourth-order valence-electron chi connectivity index (χ4n) is 3.44. The van der Waals surface area contributed by atoms with Gasteiger partial charge in [-0.15, -0.1) is 0 Å². The van der Waals surface area contributed by atoms with Crippen LogP contribution in [0.4, 0.5) is 0 Å². The normalized spacial score (nSPS) is 30.9. The summed E-state index contributed by atoms with van der Waals surface area (Å²) >= 11 is 0. The van der Waals surface area contributed by atoms with Crippen LogP contribution in [0.5, 0.6) is 0 Å². The molecule has 2 heteroatoms. The van der Waals surface area contributed by atoms with Crippen LogP contribution in [-0.4, -0.2) is 30.1 Å². The monoisotopic (exact) mass is 196 g/mol. The van der Waals surface area contributed by atoms with E-state index >= 15 is 0 Å². The van der Waals surface area contributed by atoms with E-state index in [1.165, 1.54) is 32.4 Å². The smallest absolute Gasteiger partial charge is 0.0342 e. The lowest BCUT2D eigenvalue weighted by molar-refractivity contribution is -0.113. The van der Waals surface area contributed by atoms with E-state index in [-0.39, 0.29) is 0 Å². The summed E-state index contributed by atoms with van der Waals surface area (Å²) in [6, 6.07) is 0. The van der Waals surface area contributed by atoms with Gasteiger partial charge >= 0.3 is 0 Å². The molecule has 82 valence electrons. The Labute approximate surface area is 87.8 Å². The SMILES string of the molecule is CCC1CN(C2(CN)CC(C)(C)C2)C1. The zero-order chi connectivity index (χ0) is 10.4. The summed E-state index contributed by atoms with van der Waals surface area (Å²) in [6.45, 7) is 10.5. The number of nitrogens with zero attached hydrogens (tertiary/aromatic N) is 1. The minimum atomic E-state index is 0.384. The van der Waals surface area contributed by atoms with Gasteiger partial charge in [0.2, 0.25) is 0 Å². The zero-order valence-corrected chi connectivity index (χ0v) is 9.84. The predicted molar refractivity (Wildman–Crippen MR) is 60.2 cm³/mol. The van der Waals surface area contributed by atoms with Crippen LogP contribution in [0.2, 0.25) is 0 Å². The summed E-state index contributed by atoms with van der Waals surface area (Å²) in [5.74, 6) is 0.946. The average molecular weight is 196 g/mol. The summed E-state index contributed by atoms with van der Waals surface area (Å²) in [5.41, 5.74) is 6.87. The van der Waals surface area contributed by atoms with Crippen molar-refractivity contribution in [1.29, 1.82) is 0 Å². The van der Waals surface area contributed by atoms with E-state index in [1.807, 2.05) is 0 Å². The third-order valence-corrected chi connectivity index (χ3v) is 4.20. The number of hydrogen-bond acceptors (Lipinski definition) is 2. The summed E-state index contributed by atoms with van der Waals surface area (Å²) in [5, 5.41) is 0. The molecular formula is C12H24N2. The molecule has 0 radical (unpaired) electrons. The molecule has 0 bridgehead atoms. The maximum Gasteiger partial charge on any atom is 0.0342 e. The molecule has 0 aromatic heterocycles. The van der Waals surface area contributed by atoms with Gasteiger partial charge in [-0.2, -0.15) is 0 Å². The highest BCUT2D eigenvalue weighted by Gasteiger charge is 2.54. The molecule has 1 saturated carbocycles. The second-order valence-electron chi connectivity index (χ2n) is 6.13. The van der Waals surface area contributed by atoms with Crippen molar-refractivity contribution in [3.8, 4) is 0 Å². The summed E-state index contributed by atoms with van der Waals surface area (Å²) < 4.78 is 0. The molecule has 1 aliphatic heterocycles. The highest BCUT2D eigenvalue weighted by Crippen LogP contribution is 2.52. The van der Waals surface area contributed by atoms with Crippen LogP contribution in [0.1, 0.15) is 40.0 Å². The minimum absolute atomic E-state index is 0.384. The molecule has 2 N–H and O–H groups in total. The number of nitrogens with two attached hydrogens (primary N) is 1. The van der Waals surface area contributed by atoms with Crippen LogP contribution in [0.3, 0.4) is 0 Å². The van der Waals surface area contributed by atoms with E-state index < -0.39 is 0 Å². The van der Waals surface area contributed by atoms with Gasteiger partial charge in [0.25, 0.3) is 0 Å². The van der Waals surface area contributed by atoms with Gasteiger partial charge in [-0.05, 0) is 24.2 Å². The Balaban J connectivity index is 1.90. The van der Waals surface area contributed by atoms with Gasteiger partial charge in [-0.25, -0.2) is 0 Å². The molecule has 0 aromatic rings. The van der Waals surface area contributed by atoms with Crippen molar-refractivity contribution in [2.45, 2.75) is 45.6 Å². The van der Waals surface area contributed by atoms with E-state index in [0.717, 1.165) is 12.5 Å². The topological polar surface area (TPSA) is 29.3 Å². The minimum Gasteiger partial charge on any atom is -0.329 e. The maximum atomic E-state index is 5.95. The van der Waals surface area contributed by atoms with Crippen molar-refractivity contribution < 1.29 is 0 Å². The molecule has 2 aliphatic rings. The van der Waals surface area contributed by atoms with Crippen LogP contribution >= 0.6 is 0 Å². The first kappa shape index (κ1) is 10.4. The van der Waals surface area contributed by atoms with Crippen LogP contribution in [0.25, 0.3) is 0 Å². The molecule has 1 aliphatic carbocycles. The third kappa shape index (κ3) is 1.49. The zero-order valence-electron chi connectivity index (χ0n) is 9.84. The van der Waals surface area contributed by atoms with E-state index in [9.17, 15) is 0 Å². The van der Waals surface area contributed by atoms with Gasteiger partial charge in [0.15, 0.2) is 0 Å². The van der Waals surface area contributed by atoms with Gasteiger partial charge in [0.1, 0.15) is 0 Å². The predicted octanol–water partition coefficient (Wildman–Crippen LogP) is 1.85. The van der Waals surface area contributed by atoms with Crippen molar-refractivity contribution in [2.24, 2.45) is 17.1 Å². The largest absolute Gasteiger partial charge is 0.329 e. The van der Waals surface area contributed by atoms with Crippen molar-refractivity contribution in [3.05, 3.63) is 0 Å². The Kier molecular flexibility index (Phi) is 2.39. The lowest BCUT2D eigenvalue weighted by Crippen LogP contribution is -2.69. The van der Waals surface area contributed by atoms with E-state index in [0.29, 0.717) is 11.0 Å². The maximum absolute atomic E-state index is 5.95. The van der Waals surface area contributed by atoms with Crippen LogP contribution in [0.15, 0.2) is 0 Å². The Bertz CT molecular complexity index is 208. The molecule has 1 saturated heterocycles. The molecule has 0 aromatic carbocycles. The van der Waals surface area contributed by atoms with Gasteiger partial charge in [0, 0.05) is 25.2 Å². The number of likely N-dealkylation sites (tertiary alicyclic amines) is 1. The molecule has 2 nitrogen and oxygen atoms in total. The number of hydrogen-bond donors (Lipinski definition) is 1. The first-order valence-corrected chi connectivity index (χ1v) is 5.96. The standard InChI is InChI=1S/C12H24N2/c1-4-10-5-14(6-10)12(9-13)7-11(2,3)8-12/h10H,4-9,13H2,1-3H3. The van der Waals surface area contributed by atoms with Crippen LogP contribution in [-0.2, 0) is 0 Å². The molecule has 14 heavy (non-hydrogen) atoms. The lowest BCUT2D eigenvalue weighted by Gasteiger charge is -2.62. The van der Waals surface area contributed by atoms with Crippen molar-refractivity contribution in [3.63, 3.8) is 0 Å². The first-order valence-electron chi connectivity index (χ1n) is 5.96. The Hall–Kier alpha value is -0.0800. The van der Waals surface area contributed by atoms with E-state index in [4.69, 9.17) is 5.73 Å². The highest BCUT2D eigenvalue weighted by molar-refractivity contribution is 5.10. The van der Waals surface area contributed by atoms with Crippen LogP contribution in [0, 0.1) is 11.3 Å². The summed E-state index contributed by atoms with van der Waals surface area (Å²) in [7, 11) is 0. The Morgan fingerprint density at radius 3 is 2.21 bits per heavy atom. The lowest BCUT2D eigenvalue weighted by atomic mass is 9.57. The second kappa shape index (κ2) is 3.21. The van der Waals surface area contributed by atoms with Gasteiger partial charge < -0.3 is 5.73 Å². The molecule has 0 atom stereocenters. The summed E-state index contributed by atoms with van der Waals surface area (Å²) in [4.78, 5) is 2.63. The Morgan fingerprint density at radius 2 is 1.86 bits per heavy atom. The molecule has 2 fully saturated rings. The number of rotatable bonds is 3. The molecule has 1 heterocycles. The van der Waals surface area contributed by atoms with Gasteiger partial charge in [-0.1, -0.05) is 27.2 Å². The van der Waals surface area contributed by atoms with Crippen molar-refractivity contribution in [2.75, 3.05) is 19.6 Å². The van der Waals surface area contributed by atoms with Gasteiger partial charge in [-0.3, -0.25) is 4.90 Å². The van der Waals surface area contributed by atoms with E-state index in [2.05, 4.69) is 25.7 Å². The highest BCUT2D eigenvalue weighted by atomic mass is 15.3. The fraction of sp³-hybridized carbons (Fsp3) is 1.00. The molecular weight excluding hydrogens is 172 g/mol. The van der Waals surface area contributed by atoms with Crippen LogP contribution < -0.4 is 5.73 Å². The molecule has 0 unspecified atom stereocenters. The van der Waals surface area contributed by atoms with E-state index in [1.54, 1.807) is 0 Å².